The highest BCUT2D eigenvalue weighted by Crippen LogP contribution is 2.20. The smallest absolute Gasteiger partial charge is 0.277 e. The lowest BCUT2D eigenvalue weighted by atomic mass is 10.1. The first-order valence-electron chi connectivity index (χ1n) is 8.18. The summed E-state index contributed by atoms with van der Waals surface area (Å²) in [5.41, 5.74) is 3.62. The van der Waals surface area contributed by atoms with Crippen molar-refractivity contribution in [3.63, 3.8) is 0 Å². The lowest BCUT2D eigenvalue weighted by Crippen LogP contribution is -2.25. The lowest BCUT2D eigenvalue weighted by molar-refractivity contribution is -0.123. The van der Waals surface area contributed by atoms with Crippen LogP contribution in [0.1, 0.15) is 39.5 Å². The average Bonchev–Trinajstić information content (AvgIpc) is 2.58. The number of hydrogen-bond acceptors (Lipinski definition) is 3. The third-order valence-electron chi connectivity index (χ3n) is 3.51. The van der Waals surface area contributed by atoms with Gasteiger partial charge in [0.25, 0.3) is 5.91 Å². The number of nitrogens with zero attached hydrogens (tertiary/aromatic N) is 1. The van der Waals surface area contributed by atoms with Crippen LogP contribution in [0.5, 0.6) is 5.75 Å². The number of fused-ring (bicyclic) bond motifs is 1. The Hall–Kier alpha value is -2.36. The van der Waals surface area contributed by atoms with E-state index in [9.17, 15) is 4.79 Å². The van der Waals surface area contributed by atoms with E-state index in [1.807, 2.05) is 42.5 Å². The Bertz CT molecular complexity index is 672. The van der Waals surface area contributed by atoms with Gasteiger partial charge < -0.3 is 4.74 Å². The van der Waals surface area contributed by atoms with Crippen LogP contribution in [0, 0.1) is 0 Å². The van der Waals surface area contributed by atoms with Gasteiger partial charge in [0, 0.05) is 5.71 Å². The van der Waals surface area contributed by atoms with E-state index in [0.717, 1.165) is 42.2 Å². The predicted octanol–water partition coefficient (Wildman–Crippen LogP) is 4.29. The summed E-state index contributed by atoms with van der Waals surface area (Å²) in [4.78, 5) is 11.8. The number of benzene rings is 2. The quantitative estimate of drug-likeness (QED) is 0.584. The number of carbonyl (C=O) groups is 1. The van der Waals surface area contributed by atoms with E-state index in [0.29, 0.717) is 5.75 Å². The maximum absolute atomic E-state index is 11.8. The topological polar surface area (TPSA) is 50.7 Å². The van der Waals surface area contributed by atoms with Crippen molar-refractivity contribution in [2.24, 2.45) is 5.10 Å². The Morgan fingerprint density at radius 2 is 1.74 bits per heavy atom. The van der Waals surface area contributed by atoms with Gasteiger partial charge in [0.05, 0.1) is 0 Å². The van der Waals surface area contributed by atoms with Crippen LogP contribution >= 0.6 is 0 Å². The summed E-state index contributed by atoms with van der Waals surface area (Å²) in [6.07, 6.45) is 3.89. The molecule has 0 heterocycles. The van der Waals surface area contributed by atoms with E-state index in [1.165, 1.54) is 0 Å². The van der Waals surface area contributed by atoms with Crippen LogP contribution in [0.3, 0.4) is 0 Å². The molecule has 2 rings (SSSR count). The molecule has 4 nitrogen and oxygen atoms in total. The highest BCUT2D eigenvalue weighted by Gasteiger charge is 2.04. The molecule has 1 amide bonds. The van der Waals surface area contributed by atoms with E-state index < -0.39 is 0 Å². The zero-order valence-corrected chi connectivity index (χ0v) is 13.8. The van der Waals surface area contributed by atoms with Crippen molar-refractivity contribution in [1.29, 1.82) is 0 Å². The van der Waals surface area contributed by atoms with Crippen molar-refractivity contribution >= 4 is 22.4 Å². The van der Waals surface area contributed by atoms with Crippen molar-refractivity contribution in [2.45, 2.75) is 39.5 Å². The fourth-order valence-electron chi connectivity index (χ4n) is 2.39. The van der Waals surface area contributed by atoms with Crippen LogP contribution in [0.25, 0.3) is 10.8 Å². The summed E-state index contributed by atoms with van der Waals surface area (Å²) in [6, 6.07) is 13.8. The highest BCUT2D eigenvalue weighted by atomic mass is 16.5. The van der Waals surface area contributed by atoms with E-state index in [1.54, 1.807) is 0 Å². The van der Waals surface area contributed by atoms with Gasteiger partial charge in [-0.15, -0.1) is 0 Å². The Kier molecular flexibility index (Phi) is 6.60. The zero-order valence-electron chi connectivity index (χ0n) is 13.8. The minimum Gasteiger partial charge on any atom is -0.484 e. The number of nitrogens with one attached hydrogen (secondary N) is 1. The second-order valence-electron chi connectivity index (χ2n) is 5.51. The first-order valence-corrected chi connectivity index (χ1v) is 8.18. The summed E-state index contributed by atoms with van der Waals surface area (Å²) in [7, 11) is 0. The molecule has 0 spiro atoms. The molecule has 4 heteroatoms. The first-order chi connectivity index (χ1) is 11.2. The molecule has 2 aromatic rings. The molecular formula is C19H24N2O2. The molecular weight excluding hydrogens is 288 g/mol. The summed E-state index contributed by atoms with van der Waals surface area (Å²) < 4.78 is 5.55. The van der Waals surface area contributed by atoms with Gasteiger partial charge in [-0.05, 0) is 35.7 Å². The molecule has 0 atom stereocenters. The van der Waals surface area contributed by atoms with E-state index in [2.05, 4.69) is 24.4 Å². The van der Waals surface area contributed by atoms with Crippen LogP contribution in [0.15, 0.2) is 47.6 Å². The molecule has 0 bridgehead atoms. The predicted molar refractivity (Wildman–Crippen MR) is 94.8 cm³/mol. The molecule has 1 N–H and O–H groups in total. The number of amides is 1. The molecule has 0 aliphatic carbocycles. The number of hydrazone groups is 1. The molecule has 23 heavy (non-hydrogen) atoms. The van der Waals surface area contributed by atoms with Crippen LogP contribution in [0.4, 0.5) is 0 Å². The molecule has 0 aromatic heterocycles. The zero-order chi connectivity index (χ0) is 16.5. The van der Waals surface area contributed by atoms with Crippen molar-refractivity contribution in [1.82, 2.24) is 5.43 Å². The van der Waals surface area contributed by atoms with Crippen molar-refractivity contribution in [3.05, 3.63) is 42.5 Å². The monoisotopic (exact) mass is 312 g/mol. The van der Waals surface area contributed by atoms with Gasteiger partial charge in [-0.3, -0.25) is 4.79 Å². The minimum atomic E-state index is -0.233. The van der Waals surface area contributed by atoms with E-state index >= 15 is 0 Å². The largest absolute Gasteiger partial charge is 0.484 e. The third-order valence-corrected chi connectivity index (χ3v) is 3.51. The molecule has 122 valence electrons. The highest BCUT2D eigenvalue weighted by molar-refractivity contribution is 5.87. The maximum atomic E-state index is 11.8. The average molecular weight is 312 g/mol. The van der Waals surface area contributed by atoms with Crippen LogP contribution in [-0.2, 0) is 4.79 Å². The Morgan fingerprint density at radius 3 is 2.43 bits per heavy atom. The summed E-state index contributed by atoms with van der Waals surface area (Å²) in [6.45, 7) is 4.18. The van der Waals surface area contributed by atoms with Gasteiger partial charge in [-0.25, -0.2) is 5.43 Å². The number of rotatable bonds is 8. The van der Waals surface area contributed by atoms with Gasteiger partial charge in [0.1, 0.15) is 5.75 Å². The molecule has 0 aliphatic rings. The molecule has 0 unspecified atom stereocenters. The fourth-order valence-corrected chi connectivity index (χ4v) is 2.39. The SMILES string of the molecule is CCCC(CCC)=NNC(=O)COc1ccc2ccccc2c1. The third kappa shape index (κ3) is 5.40. The van der Waals surface area contributed by atoms with E-state index in [4.69, 9.17) is 4.74 Å². The summed E-state index contributed by atoms with van der Waals surface area (Å²) in [5, 5.41) is 6.45. The molecule has 0 radical (unpaired) electrons. The fraction of sp³-hybridized carbons (Fsp3) is 0.368. The minimum absolute atomic E-state index is 0.0344. The van der Waals surface area contributed by atoms with E-state index in [-0.39, 0.29) is 12.5 Å². The van der Waals surface area contributed by atoms with Gasteiger partial charge >= 0.3 is 0 Å². The van der Waals surface area contributed by atoms with Gasteiger partial charge in [0.15, 0.2) is 6.61 Å². The second kappa shape index (κ2) is 8.93. The molecule has 0 saturated heterocycles. The number of ether oxygens (including phenoxy) is 1. The lowest BCUT2D eigenvalue weighted by Gasteiger charge is -2.07. The van der Waals surface area contributed by atoms with Crippen molar-refractivity contribution in [2.75, 3.05) is 6.61 Å². The van der Waals surface area contributed by atoms with Crippen LogP contribution in [0.2, 0.25) is 0 Å². The molecule has 0 fully saturated rings. The molecule has 0 aliphatic heterocycles. The number of carbonyl (C=O) groups excluding carboxylic acids is 1. The Balaban J connectivity index is 1.88. The van der Waals surface area contributed by atoms with Crippen LogP contribution < -0.4 is 10.2 Å². The van der Waals surface area contributed by atoms with Gasteiger partial charge in [0.2, 0.25) is 0 Å². The first kappa shape index (κ1) is 17.0. The van der Waals surface area contributed by atoms with Crippen molar-refractivity contribution < 1.29 is 9.53 Å². The Labute approximate surface area is 137 Å². The number of hydrogen-bond donors (Lipinski definition) is 1. The van der Waals surface area contributed by atoms with Gasteiger partial charge in [-0.2, -0.15) is 5.10 Å². The van der Waals surface area contributed by atoms with Crippen LogP contribution in [-0.4, -0.2) is 18.2 Å². The normalized spacial score (nSPS) is 10.3. The maximum Gasteiger partial charge on any atom is 0.277 e. The standard InChI is InChI=1S/C19H24N2O2/c1-3-7-17(8-4-2)20-21-19(22)14-23-18-12-11-15-9-5-6-10-16(15)13-18/h5-6,9-13H,3-4,7-8,14H2,1-2H3,(H,21,22). The molecule has 2 aromatic carbocycles. The Morgan fingerprint density at radius 1 is 1.04 bits per heavy atom. The summed E-state index contributed by atoms with van der Waals surface area (Å²) >= 11 is 0. The van der Waals surface area contributed by atoms with Crippen molar-refractivity contribution in [3.8, 4) is 5.75 Å². The molecule has 0 saturated carbocycles. The summed E-state index contributed by atoms with van der Waals surface area (Å²) in [5.74, 6) is 0.452. The second-order valence-corrected chi connectivity index (χ2v) is 5.51. The van der Waals surface area contributed by atoms with Gasteiger partial charge in [-0.1, -0.05) is 57.0 Å².